The topological polar surface area (TPSA) is 107 Å². The number of hydrogen-bond acceptors (Lipinski definition) is 7. The molecule has 2 heterocycles. The van der Waals surface area contributed by atoms with Gasteiger partial charge in [-0.25, -0.2) is 18.2 Å². The molecule has 1 fully saturated rings. The number of aromatic nitrogens is 2. The number of para-hydroxylation sites is 1. The lowest BCUT2D eigenvalue weighted by atomic mass is 10.2. The van der Waals surface area contributed by atoms with Gasteiger partial charge in [-0.15, -0.1) is 0 Å². The van der Waals surface area contributed by atoms with Crippen LogP contribution in [0.15, 0.2) is 42.7 Å². The molecule has 1 aromatic heterocycles. The summed E-state index contributed by atoms with van der Waals surface area (Å²) in [6.07, 6.45) is 3.05. The van der Waals surface area contributed by atoms with Crippen LogP contribution in [0.2, 0.25) is 0 Å². The first kappa shape index (κ1) is 19.0. The first-order valence-corrected chi connectivity index (χ1v) is 10.2. The summed E-state index contributed by atoms with van der Waals surface area (Å²) in [7, 11) is -3.18. The number of hydrogen-bond donors (Lipinski definition) is 0. The highest BCUT2D eigenvalue weighted by atomic mass is 32.2. The molecule has 2 aromatic rings. The number of ether oxygens (including phenoxy) is 1. The average molecular weight is 389 g/mol. The minimum absolute atomic E-state index is 0.00288. The van der Waals surface area contributed by atoms with Gasteiger partial charge in [-0.05, 0) is 25.5 Å². The van der Waals surface area contributed by atoms with Crippen molar-refractivity contribution in [2.75, 3.05) is 23.0 Å². The smallest absolute Gasteiger partial charge is 0.359 e. The number of amides is 1. The molecule has 3 rings (SSSR count). The number of aryl methyl sites for hydroxylation is 1. The van der Waals surface area contributed by atoms with Crippen molar-refractivity contribution in [1.29, 1.82) is 0 Å². The monoisotopic (exact) mass is 389 g/mol. The zero-order chi connectivity index (χ0) is 19.4. The molecule has 0 radical (unpaired) electrons. The first-order chi connectivity index (χ1) is 12.9. The Morgan fingerprint density at radius 3 is 2.52 bits per heavy atom. The van der Waals surface area contributed by atoms with Crippen LogP contribution in [0.5, 0.6) is 0 Å². The van der Waals surface area contributed by atoms with E-state index in [0.29, 0.717) is 17.8 Å². The Morgan fingerprint density at radius 2 is 1.93 bits per heavy atom. The second-order valence-corrected chi connectivity index (χ2v) is 8.50. The molecule has 1 amide bonds. The normalized spacial score (nSPS) is 18.0. The quantitative estimate of drug-likeness (QED) is 0.706. The number of sulfone groups is 1. The maximum atomic E-state index is 12.7. The van der Waals surface area contributed by atoms with Crippen LogP contribution in [-0.2, 0) is 19.4 Å². The van der Waals surface area contributed by atoms with Crippen LogP contribution in [0, 0.1) is 6.92 Å². The van der Waals surface area contributed by atoms with Crippen molar-refractivity contribution < 1.29 is 22.7 Å². The van der Waals surface area contributed by atoms with Crippen molar-refractivity contribution in [1.82, 2.24) is 9.97 Å². The van der Waals surface area contributed by atoms with E-state index in [1.165, 1.54) is 17.3 Å². The molecule has 0 N–H and O–H groups in total. The van der Waals surface area contributed by atoms with Crippen LogP contribution in [0.3, 0.4) is 0 Å². The third-order valence-electron chi connectivity index (χ3n) is 4.19. The van der Waals surface area contributed by atoms with Crippen LogP contribution in [0.25, 0.3) is 0 Å². The molecule has 142 valence electrons. The fourth-order valence-corrected chi connectivity index (χ4v) is 4.59. The van der Waals surface area contributed by atoms with Gasteiger partial charge in [-0.2, -0.15) is 0 Å². The zero-order valence-corrected chi connectivity index (χ0v) is 15.6. The van der Waals surface area contributed by atoms with Gasteiger partial charge in [0.1, 0.15) is 0 Å². The molecular weight excluding hydrogens is 370 g/mol. The molecule has 0 bridgehead atoms. The molecule has 1 saturated heterocycles. The van der Waals surface area contributed by atoms with E-state index < -0.39 is 34.4 Å². The molecule has 1 aromatic carbocycles. The third-order valence-corrected chi connectivity index (χ3v) is 5.94. The first-order valence-electron chi connectivity index (χ1n) is 8.39. The van der Waals surface area contributed by atoms with Crippen molar-refractivity contribution in [3.05, 3.63) is 54.1 Å². The van der Waals surface area contributed by atoms with E-state index >= 15 is 0 Å². The number of carbonyl (C=O) groups is 2. The summed E-state index contributed by atoms with van der Waals surface area (Å²) < 4.78 is 28.7. The Labute approximate surface area is 157 Å². The Morgan fingerprint density at radius 1 is 1.19 bits per heavy atom. The van der Waals surface area contributed by atoms with E-state index in [9.17, 15) is 18.0 Å². The lowest BCUT2D eigenvalue weighted by Gasteiger charge is -2.28. The van der Waals surface area contributed by atoms with Gasteiger partial charge in [0.05, 0.1) is 29.4 Å². The minimum Gasteiger partial charge on any atom is -0.451 e. The summed E-state index contributed by atoms with van der Waals surface area (Å²) in [6.45, 7) is 1.22. The standard InChI is InChI=1S/C18H19N3O5S/c1-13-9-20-16(10-19-13)18(23)26-11-17(22)21(14-5-3-2-4-6-14)15-7-8-27(24,25)12-15/h2-6,9-10,15H,7-8,11-12H2,1H3/t15-/m1/s1. The van der Waals surface area contributed by atoms with Crippen molar-refractivity contribution in [2.45, 2.75) is 19.4 Å². The van der Waals surface area contributed by atoms with E-state index in [2.05, 4.69) is 9.97 Å². The van der Waals surface area contributed by atoms with Crippen molar-refractivity contribution in [3.63, 3.8) is 0 Å². The van der Waals surface area contributed by atoms with E-state index in [1.54, 1.807) is 37.3 Å². The molecule has 1 atom stereocenters. The van der Waals surface area contributed by atoms with E-state index in [1.807, 2.05) is 0 Å². The van der Waals surface area contributed by atoms with Gasteiger partial charge in [0.25, 0.3) is 5.91 Å². The van der Waals surface area contributed by atoms with Crippen molar-refractivity contribution >= 4 is 27.4 Å². The molecule has 8 nitrogen and oxygen atoms in total. The number of benzene rings is 1. The maximum absolute atomic E-state index is 12.7. The number of rotatable bonds is 5. The molecular formula is C18H19N3O5S. The van der Waals surface area contributed by atoms with Crippen molar-refractivity contribution in [3.8, 4) is 0 Å². The maximum Gasteiger partial charge on any atom is 0.359 e. The second kappa shape index (κ2) is 7.83. The molecule has 9 heteroatoms. The van der Waals surface area contributed by atoms with Crippen LogP contribution >= 0.6 is 0 Å². The predicted molar refractivity (Wildman–Crippen MR) is 98.0 cm³/mol. The molecule has 27 heavy (non-hydrogen) atoms. The van der Waals surface area contributed by atoms with Crippen LogP contribution in [0.4, 0.5) is 5.69 Å². The fourth-order valence-electron chi connectivity index (χ4n) is 2.89. The average Bonchev–Trinajstić information content (AvgIpc) is 3.00. The number of carbonyl (C=O) groups excluding carboxylic acids is 2. The lowest BCUT2D eigenvalue weighted by molar-refractivity contribution is -0.122. The second-order valence-electron chi connectivity index (χ2n) is 6.28. The summed E-state index contributed by atoms with van der Waals surface area (Å²) in [5, 5.41) is 0. The van der Waals surface area contributed by atoms with Gasteiger partial charge in [0, 0.05) is 11.9 Å². The molecule has 0 unspecified atom stereocenters. The number of nitrogens with zero attached hydrogens (tertiary/aromatic N) is 3. The third kappa shape index (κ3) is 4.68. The summed E-state index contributed by atoms with van der Waals surface area (Å²) in [4.78, 5) is 34.1. The number of anilines is 1. The minimum atomic E-state index is -3.18. The molecule has 1 aliphatic heterocycles. The Hall–Kier alpha value is -2.81. The molecule has 0 spiro atoms. The zero-order valence-electron chi connectivity index (χ0n) is 14.7. The number of esters is 1. The van der Waals surface area contributed by atoms with Gasteiger partial charge in [-0.1, -0.05) is 18.2 Å². The Balaban J connectivity index is 1.73. The molecule has 0 aliphatic carbocycles. The van der Waals surface area contributed by atoms with Gasteiger partial charge in [-0.3, -0.25) is 9.78 Å². The highest BCUT2D eigenvalue weighted by molar-refractivity contribution is 7.91. The van der Waals surface area contributed by atoms with Gasteiger partial charge >= 0.3 is 5.97 Å². The summed E-state index contributed by atoms with van der Waals surface area (Å²) in [5.41, 5.74) is 1.22. The van der Waals surface area contributed by atoms with Crippen LogP contribution in [-0.4, -0.2) is 54.4 Å². The summed E-state index contributed by atoms with van der Waals surface area (Å²) >= 11 is 0. The highest BCUT2D eigenvalue weighted by Gasteiger charge is 2.35. The van der Waals surface area contributed by atoms with E-state index in [4.69, 9.17) is 4.74 Å². The lowest BCUT2D eigenvalue weighted by Crippen LogP contribution is -2.43. The van der Waals surface area contributed by atoms with Gasteiger partial charge in [0.15, 0.2) is 22.1 Å². The van der Waals surface area contributed by atoms with Gasteiger partial charge < -0.3 is 9.64 Å². The van der Waals surface area contributed by atoms with Gasteiger partial charge in [0.2, 0.25) is 0 Å². The van der Waals surface area contributed by atoms with Crippen LogP contribution in [0.1, 0.15) is 22.6 Å². The summed E-state index contributed by atoms with van der Waals surface area (Å²) in [5.74, 6) is -1.32. The Kier molecular flexibility index (Phi) is 5.50. The van der Waals surface area contributed by atoms with E-state index in [0.717, 1.165) is 0 Å². The van der Waals surface area contributed by atoms with Crippen molar-refractivity contribution in [2.24, 2.45) is 0 Å². The largest absolute Gasteiger partial charge is 0.451 e. The fraction of sp³-hybridized carbons (Fsp3) is 0.333. The molecule has 0 saturated carbocycles. The highest BCUT2D eigenvalue weighted by Crippen LogP contribution is 2.24. The Bertz CT molecular complexity index is 929. The molecule has 1 aliphatic rings. The van der Waals surface area contributed by atoms with Crippen LogP contribution < -0.4 is 4.90 Å². The predicted octanol–water partition coefficient (Wildman–Crippen LogP) is 1.16. The SMILES string of the molecule is Cc1cnc(C(=O)OCC(=O)N(c2ccccc2)[C@@H]2CCS(=O)(=O)C2)cn1. The van der Waals surface area contributed by atoms with E-state index in [-0.39, 0.29) is 17.2 Å². The summed E-state index contributed by atoms with van der Waals surface area (Å²) in [6, 6.07) is 8.27.